The van der Waals surface area contributed by atoms with E-state index in [9.17, 15) is 0 Å². The lowest BCUT2D eigenvalue weighted by Gasteiger charge is -2.06. The Hall–Kier alpha value is -1.09. The first kappa shape index (κ1) is 8.01. The van der Waals surface area contributed by atoms with Crippen LogP contribution in [0.4, 0.5) is 0 Å². The molecule has 1 aromatic heterocycles. The second-order valence-corrected chi connectivity index (χ2v) is 2.32. The third kappa shape index (κ3) is 1.49. The van der Waals surface area contributed by atoms with Crippen LogP contribution >= 0.6 is 0 Å². The smallest absolute Gasteiger partial charge is 0.217 e. The van der Waals surface area contributed by atoms with E-state index in [2.05, 4.69) is 4.98 Å². The van der Waals surface area contributed by atoms with Gasteiger partial charge in [-0.3, -0.25) is 0 Å². The predicted octanol–water partition coefficient (Wildman–Crippen LogP) is 0.857. The van der Waals surface area contributed by atoms with Crippen LogP contribution in [0.5, 0.6) is 5.88 Å². The molecule has 1 heterocycles. The molecule has 0 spiro atoms. The third-order valence-electron chi connectivity index (χ3n) is 1.65. The van der Waals surface area contributed by atoms with E-state index in [1.54, 1.807) is 13.3 Å². The molecule has 11 heavy (non-hydrogen) atoms. The van der Waals surface area contributed by atoms with Gasteiger partial charge in [0.25, 0.3) is 0 Å². The van der Waals surface area contributed by atoms with Crippen molar-refractivity contribution < 1.29 is 4.74 Å². The van der Waals surface area contributed by atoms with Crippen molar-refractivity contribution in [1.29, 1.82) is 0 Å². The summed E-state index contributed by atoms with van der Waals surface area (Å²) >= 11 is 0. The molecule has 0 amide bonds. The standard InChI is InChI=1S/C8H12N2O/c1-6-3-4-10-8(11-2)7(6)5-9/h3-4H,5,9H2,1-2H3. The number of hydrogen-bond acceptors (Lipinski definition) is 3. The number of aryl methyl sites for hydroxylation is 1. The fraction of sp³-hybridized carbons (Fsp3) is 0.375. The first-order valence-electron chi connectivity index (χ1n) is 3.48. The van der Waals surface area contributed by atoms with E-state index in [0.29, 0.717) is 12.4 Å². The highest BCUT2D eigenvalue weighted by atomic mass is 16.5. The third-order valence-corrected chi connectivity index (χ3v) is 1.65. The highest BCUT2D eigenvalue weighted by molar-refractivity contribution is 5.32. The summed E-state index contributed by atoms with van der Waals surface area (Å²) in [5.41, 5.74) is 7.61. The molecule has 0 aromatic carbocycles. The van der Waals surface area contributed by atoms with Gasteiger partial charge in [0.1, 0.15) is 0 Å². The summed E-state index contributed by atoms with van der Waals surface area (Å²) in [6.45, 7) is 2.47. The van der Waals surface area contributed by atoms with Crippen molar-refractivity contribution >= 4 is 0 Å². The molecule has 0 saturated carbocycles. The summed E-state index contributed by atoms with van der Waals surface area (Å²) in [5, 5.41) is 0. The lowest BCUT2D eigenvalue weighted by Crippen LogP contribution is -2.03. The van der Waals surface area contributed by atoms with Gasteiger partial charge in [-0.2, -0.15) is 0 Å². The van der Waals surface area contributed by atoms with Gasteiger partial charge in [-0.15, -0.1) is 0 Å². The van der Waals surface area contributed by atoms with E-state index >= 15 is 0 Å². The predicted molar refractivity (Wildman–Crippen MR) is 43.4 cm³/mol. The first-order chi connectivity index (χ1) is 5.29. The molecule has 3 heteroatoms. The van der Waals surface area contributed by atoms with Crippen molar-refractivity contribution in [3.05, 3.63) is 23.4 Å². The second kappa shape index (κ2) is 3.34. The summed E-state index contributed by atoms with van der Waals surface area (Å²) in [4.78, 5) is 4.03. The van der Waals surface area contributed by atoms with Crippen LogP contribution in [-0.2, 0) is 6.54 Å². The van der Waals surface area contributed by atoms with Gasteiger partial charge in [-0.25, -0.2) is 4.98 Å². The normalized spacial score (nSPS) is 9.73. The Morgan fingerprint density at radius 3 is 2.82 bits per heavy atom. The van der Waals surface area contributed by atoms with Crippen LogP contribution in [0.2, 0.25) is 0 Å². The SMILES string of the molecule is COc1nccc(C)c1CN. The Balaban J connectivity index is 3.13. The van der Waals surface area contributed by atoms with Gasteiger partial charge in [-0.1, -0.05) is 0 Å². The van der Waals surface area contributed by atoms with E-state index in [1.165, 1.54) is 0 Å². The second-order valence-electron chi connectivity index (χ2n) is 2.32. The van der Waals surface area contributed by atoms with Crippen molar-refractivity contribution in [1.82, 2.24) is 4.98 Å². The Kier molecular flexibility index (Phi) is 2.44. The number of ether oxygens (including phenoxy) is 1. The zero-order valence-corrected chi connectivity index (χ0v) is 6.79. The van der Waals surface area contributed by atoms with Gasteiger partial charge in [0.15, 0.2) is 0 Å². The van der Waals surface area contributed by atoms with Gasteiger partial charge >= 0.3 is 0 Å². The van der Waals surface area contributed by atoms with Crippen LogP contribution in [0.25, 0.3) is 0 Å². The number of rotatable bonds is 2. The molecule has 2 N–H and O–H groups in total. The highest BCUT2D eigenvalue weighted by Crippen LogP contribution is 2.16. The lowest BCUT2D eigenvalue weighted by molar-refractivity contribution is 0.392. The molecule has 0 aliphatic rings. The molecule has 0 saturated heterocycles. The molecule has 1 aromatic rings. The summed E-state index contributed by atoms with van der Waals surface area (Å²) in [7, 11) is 1.60. The molecule has 0 aliphatic heterocycles. The van der Waals surface area contributed by atoms with Crippen molar-refractivity contribution in [3.8, 4) is 5.88 Å². The van der Waals surface area contributed by atoms with Crippen LogP contribution < -0.4 is 10.5 Å². The molecule has 1 rings (SSSR count). The Labute approximate surface area is 66.2 Å². The molecule has 0 aliphatic carbocycles. The van der Waals surface area contributed by atoms with Crippen molar-refractivity contribution in [2.75, 3.05) is 7.11 Å². The monoisotopic (exact) mass is 152 g/mol. The van der Waals surface area contributed by atoms with Gasteiger partial charge < -0.3 is 10.5 Å². The van der Waals surface area contributed by atoms with E-state index in [-0.39, 0.29) is 0 Å². The summed E-state index contributed by atoms with van der Waals surface area (Å²) in [5.74, 6) is 0.632. The number of nitrogens with zero attached hydrogens (tertiary/aromatic N) is 1. The lowest BCUT2D eigenvalue weighted by atomic mass is 10.1. The minimum absolute atomic E-state index is 0.475. The largest absolute Gasteiger partial charge is 0.481 e. The number of pyridine rings is 1. The van der Waals surface area contributed by atoms with Crippen LogP contribution in [0.15, 0.2) is 12.3 Å². The number of aromatic nitrogens is 1. The molecule has 0 bridgehead atoms. The zero-order chi connectivity index (χ0) is 8.27. The van der Waals surface area contributed by atoms with Crippen LogP contribution in [0.3, 0.4) is 0 Å². The van der Waals surface area contributed by atoms with Crippen molar-refractivity contribution in [2.45, 2.75) is 13.5 Å². The minimum atomic E-state index is 0.475. The molecule has 3 nitrogen and oxygen atoms in total. The van der Waals surface area contributed by atoms with Gasteiger partial charge in [0, 0.05) is 18.3 Å². The van der Waals surface area contributed by atoms with Crippen LogP contribution in [-0.4, -0.2) is 12.1 Å². The average Bonchev–Trinajstić information content (AvgIpc) is 2.04. The van der Waals surface area contributed by atoms with Gasteiger partial charge in [0.2, 0.25) is 5.88 Å². The van der Waals surface area contributed by atoms with Crippen molar-refractivity contribution in [3.63, 3.8) is 0 Å². The quantitative estimate of drug-likeness (QED) is 0.683. The number of nitrogens with two attached hydrogens (primary N) is 1. The van der Waals surface area contributed by atoms with Crippen molar-refractivity contribution in [2.24, 2.45) is 5.73 Å². The summed E-state index contributed by atoms with van der Waals surface area (Å²) in [6, 6.07) is 1.92. The topological polar surface area (TPSA) is 48.1 Å². The fourth-order valence-electron chi connectivity index (χ4n) is 0.988. The maximum atomic E-state index is 5.51. The Bertz CT molecular complexity index is 248. The molecule has 60 valence electrons. The average molecular weight is 152 g/mol. The molecular formula is C8H12N2O. The van der Waals surface area contributed by atoms with E-state index in [0.717, 1.165) is 11.1 Å². The Morgan fingerprint density at radius 1 is 1.64 bits per heavy atom. The molecular weight excluding hydrogens is 140 g/mol. The van der Waals surface area contributed by atoms with Crippen LogP contribution in [0, 0.1) is 6.92 Å². The van der Waals surface area contributed by atoms with E-state index in [4.69, 9.17) is 10.5 Å². The molecule has 0 atom stereocenters. The zero-order valence-electron chi connectivity index (χ0n) is 6.79. The van der Waals surface area contributed by atoms with Gasteiger partial charge in [-0.05, 0) is 18.6 Å². The maximum absolute atomic E-state index is 5.51. The molecule has 0 fully saturated rings. The first-order valence-corrected chi connectivity index (χ1v) is 3.48. The number of hydrogen-bond donors (Lipinski definition) is 1. The van der Waals surface area contributed by atoms with Gasteiger partial charge in [0.05, 0.1) is 7.11 Å². The maximum Gasteiger partial charge on any atom is 0.217 e. The minimum Gasteiger partial charge on any atom is -0.481 e. The molecule has 0 unspecified atom stereocenters. The summed E-state index contributed by atoms with van der Waals surface area (Å²) < 4.78 is 5.03. The molecule has 0 radical (unpaired) electrons. The highest BCUT2D eigenvalue weighted by Gasteiger charge is 2.03. The van der Waals surface area contributed by atoms with E-state index in [1.807, 2.05) is 13.0 Å². The van der Waals surface area contributed by atoms with E-state index < -0.39 is 0 Å². The number of methoxy groups -OCH3 is 1. The van der Waals surface area contributed by atoms with Crippen LogP contribution in [0.1, 0.15) is 11.1 Å². The Morgan fingerprint density at radius 2 is 2.36 bits per heavy atom. The summed E-state index contributed by atoms with van der Waals surface area (Å²) in [6.07, 6.45) is 1.72. The fourth-order valence-corrected chi connectivity index (χ4v) is 0.988.